The van der Waals surface area contributed by atoms with Crippen LogP contribution in [0.2, 0.25) is 0 Å². The Kier molecular flexibility index (Phi) is 6.25. The van der Waals surface area contributed by atoms with E-state index in [1.54, 1.807) is 19.2 Å². The van der Waals surface area contributed by atoms with Gasteiger partial charge in [0.2, 0.25) is 0 Å². The summed E-state index contributed by atoms with van der Waals surface area (Å²) in [5.74, 6) is 1.13. The molecule has 1 atom stereocenters. The van der Waals surface area contributed by atoms with Crippen molar-refractivity contribution in [3.8, 4) is 5.75 Å². The number of benzene rings is 2. The van der Waals surface area contributed by atoms with E-state index in [0.29, 0.717) is 18.9 Å². The predicted octanol–water partition coefficient (Wildman–Crippen LogP) is 2.25. The third-order valence-corrected chi connectivity index (χ3v) is 5.60. The third kappa shape index (κ3) is 4.44. The van der Waals surface area contributed by atoms with Crippen molar-refractivity contribution in [1.29, 1.82) is 0 Å². The molecule has 3 aromatic rings. The zero-order chi connectivity index (χ0) is 20.9. The lowest BCUT2D eigenvalue weighted by Crippen LogP contribution is -2.48. The Labute approximate surface area is 176 Å². The lowest BCUT2D eigenvalue weighted by molar-refractivity contribution is 0.172. The predicted molar refractivity (Wildman–Crippen MR) is 115 cm³/mol. The highest BCUT2D eigenvalue weighted by atomic mass is 16.5. The summed E-state index contributed by atoms with van der Waals surface area (Å²) in [4.78, 5) is 4.78. The third-order valence-electron chi connectivity index (χ3n) is 5.60. The van der Waals surface area contributed by atoms with Crippen LogP contribution in [0.15, 0.2) is 48.5 Å². The minimum atomic E-state index is -0.0144. The molecule has 8 nitrogen and oxygen atoms in total. The first-order valence-corrected chi connectivity index (χ1v) is 10.3. The molecule has 1 aromatic heterocycles. The molecule has 30 heavy (non-hydrogen) atoms. The summed E-state index contributed by atoms with van der Waals surface area (Å²) in [6.45, 7) is 6.84. The second kappa shape index (κ2) is 9.23. The molecule has 0 radical (unpaired) electrons. The van der Waals surface area contributed by atoms with Crippen molar-refractivity contribution in [2.24, 2.45) is 0 Å². The molecule has 8 heteroatoms. The highest BCUT2D eigenvalue weighted by Gasteiger charge is 2.30. The summed E-state index contributed by atoms with van der Waals surface area (Å²) in [7, 11) is 1.68. The highest BCUT2D eigenvalue weighted by molar-refractivity contribution is 5.49. The molecule has 1 N–H and O–H groups in total. The van der Waals surface area contributed by atoms with Crippen molar-refractivity contribution in [2.75, 3.05) is 44.8 Å². The van der Waals surface area contributed by atoms with Crippen LogP contribution in [0, 0.1) is 6.92 Å². The van der Waals surface area contributed by atoms with Crippen molar-refractivity contribution in [3.63, 3.8) is 0 Å². The Morgan fingerprint density at radius 1 is 1.00 bits per heavy atom. The lowest BCUT2D eigenvalue weighted by atomic mass is 10.0. The molecular weight excluding hydrogens is 380 g/mol. The van der Waals surface area contributed by atoms with Gasteiger partial charge in [-0.3, -0.25) is 4.90 Å². The fourth-order valence-electron chi connectivity index (χ4n) is 3.92. The molecule has 0 bridgehead atoms. The van der Waals surface area contributed by atoms with Crippen molar-refractivity contribution < 1.29 is 9.84 Å². The molecule has 2 aromatic carbocycles. The maximum absolute atomic E-state index is 9.55. The van der Waals surface area contributed by atoms with Gasteiger partial charge in [-0.2, -0.15) is 0 Å². The molecule has 1 fully saturated rings. The van der Waals surface area contributed by atoms with E-state index in [4.69, 9.17) is 4.74 Å². The molecule has 0 aliphatic carbocycles. The maximum Gasteiger partial charge on any atom is 0.173 e. The second-order valence-electron chi connectivity index (χ2n) is 7.61. The fraction of sp³-hybridized carbons (Fsp3) is 0.409. The summed E-state index contributed by atoms with van der Waals surface area (Å²) >= 11 is 0. The largest absolute Gasteiger partial charge is 0.508 e. The number of phenolic OH excluding ortho intramolecular Hbond substituents is 1. The lowest BCUT2D eigenvalue weighted by Gasteiger charge is -2.40. The van der Waals surface area contributed by atoms with E-state index in [1.807, 2.05) is 16.8 Å². The minimum Gasteiger partial charge on any atom is -0.508 e. The van der Waals surface area contributed by atoms with Crippen LogP contribution in [-0.4, -0.2) is 70.1 Å². The molecule has 1 aliphatic heterocycles. The van der Waals surface area contributed by atoms with Crippen LogP contribution in [0.3, 0.4) is 0 Å². The monoisotopic (exact) mass is 408 g/mol. The second-order valence-corrected chi connectivity index (χ2v) is 7.61. The number of rotatable bonds is 7. The van der Waals surface area contributed by atoms with E-state index in [1.165, 1.54) is 11.1 Å². The molecule has 0 saturated carbocycles. The van der Waals surface area contributed by atoms with Crippen molar-refractivity contribution in [2.45, 2.75) is 19.5 Å². The van der Waals surface area contributed by atoms with Gasteiger partial charge in [-0.25, -0.2) is 4.68 Å². The molecule has 158 valence electrons. The molecule has 2 heterocycles. The number of piperazine rings is 1. The van der Waals surface area contributed by atoms with E-state index < -0.39 is 0 Å². The fourth-order valence-corrected chi connectivity index (χ4v) is 3.92. The molecule has 1 saturated heterocycles. The number of hydrogen-bond donors (Lipinski definition) is 1. The number of ether oxygens (including phenoxy) is 1. The van der Waals surface area contributed by atoms with Crippen LogP contribution in [0.4, 0.5) is 5.69 Å². The quantitative estimate of drug-likeness (QED) is 0.642. The first-order valence-electron chi connectivity index (χ1n) is 10.3. The highest BCUT2D eigenvalue weighted by Crippen LogP contribution is 2.29. The molecule has 1 aliphatic rings. The van der Waals surface area contributed by atoms with Gasteiger partial charge in [-0.15, -0.1) is 5.10 Å². The van der Waals surface area contributed by atoms with Gasteiger partial charge in [0.1, 0.15) is 5.75 Å². The Morgan fingerprint density at radius 3 is 2.37 bits per heavy atom. The molecule has 4 rings (SSSR count). The number of aromatic nitrogens is 4. The smallest absolute Gasteiger partial charge is 0.173 e. The van der Waals surface area contributed by atoms with Crippen LogP contribution < -0.4 is 4.90 Å². The number of hydrogen-bond acceptors (Lipinski definition) is 7. The Bertz CT molecular complexity index is 933. The van der Waals surface area contributed by atoms with E-state index in [0.717, 1.165) is 37.7 Å². The number of aryl methyl sites for hydroxylation is 1. The Morgan fingerprint density at radius 2 is 1.70 bits per heavy atom. The summed E-state index contributed by atoms with van der Waals surface area (Å²) in [5, 5.41) is 22.1. The van der Waals surface area contributed by atoms with E-state index >= 15 is 0 Å². The van der Waals surface area contributed by atoms with Gasteiger partial charge in [0.25, 0.3) is 0 Å². The van der Waals surface area contributed by atoms with Gasteiger partial charge < -0.3 is 14.7 Å². The number of aromatic hydroxyl groups is 1. The molecular formula is C22H28N6O2. The number of tetrazole rings is 1. The summed E-state index contributed by atoms with van der Waals surface area (Å²) < 4.78 is 7.08. The van der Waals surface area contributed by atoms with Crippen molar-refractivity contribution >= 4 is 5.69 Å². The van der Waals surface area contributed by atoms with Gasteiger partial charge in [-0.05, 0) is 47.2 Å². The Hall–Kier alpha value is -2.97. The molecule has 0 amide bonds. The molecule has 0 unspecified atom stereocenters. The van der Waals surface area contributed by atoms with Gasteiger partial charge in [0, 0.05) is 39.0 Å². The van der Waals surface area contributed by atoms with Crippen LogP contribution in [0.1, 0.15) is 23.0 Å². The summed E-state index contributed by atoms with van der Waals surface area (Å²) in [5.41, 5.74) is 3.55. The minimum absolute atomic E-state index is 0.0144. The number of nitrogens with zero attached hydrogens (tertiary/aromatic N) is 6. The maximum atomic E-state index is 9.55. The average Bonchev–Trinajstić information content (AvgIpc) is 3.23. The first kappa shape index (κ1) is 20.3. The number of methoxy groups -OCH3 is 1. The van der Waals surface area contributed by atoms with Gasteiger partial charge in [0.15, 0.2) is 5.82 Å². The van der Waals surface area contributed by atoms with Gasteiger partial charge in [-0.1, -0.05) is 29.8 Å². The van der Waals surface area contributed by atoms with Gasteiger partial charge in [0.05, 0.1) is 19.2 Å². The molecule has 0 spiro atoms. The van der Waals surface area contributed by atoms with Crippen molar-refractivity contribution in [1.82, 2.24) is 25.1 Å². The van der Waals surface area contributed by atoms with Crippen LogP contribution >= 0.6 is 0 Å². The van der Waals surface area contributed by atoms with Crippen LogP contribution in [0.25, 0.3) is 0 Å². The van der Waals surface area contributed by atoms with E-state index in [2.05, 4.69) is 56.5 Å². The van der Waals surface area contributed by atoms with Crippen LogP contribution in [0.5, 0.6) is 5.75 Å². The average molecular weight is 409 g/mol. The van der Waals surface area contributed by atoms with Crippen LogP contribution in [-0.2, 0) is 11.3 Å². The first-order chi connectivity index (χ1) is 14.7. The number of anilines is 1. The summed E-state index contributed by atoms with van der Waals surface area (Å²) in [6, 6.07) is 16.0. The van der Waals surface area contributed by atoms with Gasteiger partial charge >= 0.3 is 0 Å². The van der Waals surface area contributed by atoms with Crippen molar-refractivity contribution in [3.05, 3.63) is 65.5 Å². The summed E-state index contributed by atoms with van der Waals surface area (Å²) in [6.07, 6.45) is 0. The SMILES string of the molecule is COCCn1nnnc1[C@@H](c1ccc(C)cc1)N1CCN(c2ccc(O)cc2)CC1. The standard InChI is InChI=1S/C22H28N6O2/c1-17-3-5-18(6-4-17)21(22-23-24-25-28(22)15-16-30-2)27-13-11-26(12-14-27)19-7-9-20(29)10-8-19/h3-10,21,29H,11-16H2,1-2H3/t21-/m1/s1. The topological polar surface area (TPSA) is 79.5 Å². The zero-order valence-corrected chi connectivity index (χ0v) is 17.5. The number of phenols is 1. The van der Waals surface area contributed by atoms with E-state index in [9.17, 15) is 5.11 Å². The van der Waals surface area contributed by atoms with E-state index in [-0.39, 0.29) is 6.04 Å². The normalized spacial score (nSPS) is 16.0. The zero-order valence-electron chi connectivity index (χ0n) is 17.5. The Balaban J connectivity index is 1.57.